The zero-order chi connectivity index (χ0) is 25.8. The lowest BCUT2D eigenvalue weighted by molar-refractivity contribution is -0.388. The summed E-state index contributed by atoms with van der Waals surface area (Å²) in [6, 6.07) is 16.5. The molecule has 0 aromatic heterocycles. The van der Waals surface area contributed by atoms with Crippen LogP contribution in [0.1, 0.15) is 36.7 Å². The van der Waals surface area contributed by atoms with Crippen LogP contribution >= 0.6 is 11.8 Å². The molecule has 6 nitrogen and oxygen atoms in total. The molecule has 0 atom stereocenters. The molecule has 184 valence electrons. The molecule has 1 amide bonds. The summed E-state index contributed by atoms with van der Waals surface area (Å²) < 4.78 is 39.0. The number of rotatable bonds is 8. The number of hydrogen-bond acceptors (Lipinski definition) is 5. The van der Waals surface area contributed by atoms with E-state index in [9.17, 15) is 28.1 Å². The van der Waals surface area contributed by atoms with Crippen LogP contribution in [0, 0.1) is 10.1 Å². The van der Waals surface area contributed by atoms with Crippen molar-refractivity contribution in [1.82, 2.24) is 0 Å². The molecule has 0 spiro atoms. The van der Waals surface area contributed by atoms with Gasteiger partial charge in [0.15, 0.2) is 0 Å². The van der Waals surface area contributed by atoms with Gasteiger partial charge in [0.25, 0.3) is 11.6 Å². The van der Waals surface area contributed by atoms with Crippen molar-refractivity contribution in [2.75, 3.05) is 16.8 Å². The van der Waals surface area contributed by atoms with Gasteiger partial charge in [0.2, 0.25) is 0 Å². The maximum absolute atomic E-state index is 13.0. The summed E-state index contributed by atoms with van der Waals surface area (Å²) in [7, 11) is 0. The lowest BCUT2D eigenvalue weighted by Gasteiger charge is -2.27. The van der Waals surface area contributed by atoms with Crippen LogP contribution < -0.4 is 10.2 Å². The number of nitro benzene ring substituents is 1. The summed E-state index contributed by atoms with van der Waals surface area (Å²) >= 11 is 0.863. The predicted molar refractivity (Wildman–Crippen MR) is 131 cm³/mol. The summed E-state index contributed by atoms with van der Waals surface area (Å²) in [5, 5.41) is 14.2. The third kappa shape index (κ3) is 6.33. The molecule has 0 radical (unpaired) electrons. The van der Waals surface area contributed by atoms with Gasteiger partial charge < -0.3 is 10.2 Å². The lowest BCUT2D eigenvalue weighted by atomic mass is 10.2. The molecule has 0 heterocycles. The van der Waals surface area contributed by atoms with Crippen LogP contribution in [0.5, 0.6) is 0 Å². The Balaban J connectivity index is 1.85. The number of anilines is 2. The lowest BCUT2D eigenvalue weighted by Crippen LogP contribution is -2.30. The van der Waals surface area contributed by atoms with E-state index in [4.69, 9.17) is 0 Å². The number of amides is 1. The molecule has 0 aliphatic carbocycles. The first-order valence-electron chi connectivity index (χ1n) is 10.8. The van der Waals surface area contributed by atoms with Crippen LogP contribution in [-0.2, 0) is 6.18 Å². The van der Waals surface area contributed by atoms with E-state index in [1.807, 2.05) is 12.1 Å². The second-order valence-electron chi connectivity index (χ2n) is 7.92. The number of alkyl halides is 3. The van der Waals surface area contributed by atoms with E-state index >= 15 is 0 Å². The minimum absolute atomic E-state index is 0.000875. The Hall–Kier alpha value is -3.53. The van der Waals surface area contributed by atoms with Crippen LogP contribution in [0.25, 0.3) is 0 Å². The van der Waals surface area contributed by atoms with E-state index in [2.05, 4.69) is 31.0 Å². The topological polar surface area (TPSA) is 75.5 Å². The number of hydrogen-bond donors (Lipinski definition) is 1. The van der Waals surface area contributed by atoms with Gasteiger partial charge in [-0.05, 0) is 69.3 Å². The summed E-state index contributed by atoms with van der Waals surface area (Å²) in [6.45, 7) is 7.08. The number of nitrogens with one attached hydrogen (secondary N) is 1. The number of halogens is 3. The molecule has 0 fully saturated rings. The zero-order valence-electron chi connectivity index (χ0n) is 19.3. The van der Waals surface area contributed by atoms with Crippen LogP contribution in [-0.4, -0.2) is 23.4 Å². The Labute approximate surface area is 205 Å². The molecular formula is C25H24F3N3O3S. The first-order chi connectivity index (χ1) is 16.5. The van der Waals surface area contributed by atoms with Crippen molar-refractivity contribution in [3.8, 4) is 0 Å². The van der Waals surface area contributed by atoms with Crippen LogP contribution in [0.15, 0.2) is 76.5 Å². The molecule has 1 N–H and O–H groups in total. The standard InChI is InChI=1S/C25H24F3N3O3S/c1-4-30(16(2)3)19-12-10-18(11-13-19)29-24(32)20-7-5-6-8-22(20)35-23-14-9-17(25(26,27)28)15-21(23)31(33)34/h5-16H,4H2,1-3H3,(H,29,32). The second kappa shape index (κ2) is 10.8. The van der Waals surface area contributed by atoms with E-state index in [-0.39, 0.29) is 10.5 Å². The van der Waals surface area contributed by atoms with E-state index in [0.717, 1.165) is 36.1 Å². The minimum Gasteiger partial charge on any atom is -0.369 e. The van der Waals surface area contributed by atoms with Gasteiger partial charge in [-0.2, -0.15) is 13.2 Å². The van der Waals surface area contributed by atoms with Gasteiger partial charge >= 0.3 is 6.18 Å². The molecule has 3 rings (SSSR count). The summed E-state index contributed by atoms with van der Waals surface area (Å²) in [6.07, 6.45) is -4.70. The number of carbonyl (C=O) groups excluding carboxylic acids is 1. The SMILES string of the molecule is CCN(c1ccc(NC(=O)c2ccccc2Sc2ccc(C(F)(F)F)cc2[N+](=O)[O-])cc1)C(C)C. The number of nitro groups is 1. The Kier molecular flexibility index (Phi) is 8.06. The Morgan fingerprint density at radius 2 is 1.71 bits per heavy atom. The minimum atomic E-state index is -4.70. The fourth-order valence-corrected chi connectivity index (χ4v) is 4.59. The molecular weight excluding hydrogens is 479 g/mol. The van der Waals surface area contributed by atoms with Crippen molar-refractivity contribution < 1.29 is 22.9 Å². The predicted octanol–water partition coefficient (Wildman–Crippen LogP) is 7.25. The summed E-state index contributed by atoms with van der Waals surface area (Å²) in [4.78, 5) is 26.1. The van der Waals surface area contributed by atoms with E-state index in [1.54, 1.807) is 36.4 Å². The van der Waals surface area contributed by atoms with Gasteiger partial charge in [0, 0.05) is 34.9 Å². The highest BCUT2D eigenvalue weighted by atomic mass is 32.2. The molecule has 0 aliphatic rings. The van der Waals surface area contributed by atoms with Gasteiger partial charge in [-0.1, -0.05) is 23.9 Å². The smallest absolute Gasteiger partial charge is 0.369 e. The maximum Gasteiger partial charge on any atom is 0.416 e. The van der Waals surface area contributed by atoms with Gasteiger partial charge in [-0.15, -0.1) is 0 Å². The van der Waals surface area contributed by atoms with Gasteiger partial charge in [0.05, 0.1) is 20.9 Å². The van der Waals surface area contributed by atoms with E-state index in [1.165, 1.54) is 0 Å². The van der Waals surface area contributed by atoms with Crippen molar-refractivity contribution in [3.63, 3.8) is 0 Å². The van der Waals surface area contributed by atoms with Gasteiger partial charge in [0.1, 0.15) is 0 Å². The van der Waals surface area contributed by atoms with Crippen LogP contribution in [0.4, 0.5) is 30.2 Å². The van der Waals surface area contributed by atoms with Crippen LogP contribution in [0.3, 0.4) is 0 Å². The maximum atomic E-state index is 13.0. The zero-order valence-corrected chi connectivity index (χ0v) is 20.1. The number of carbonyl (C=O) groups is 1. The Bertz CT molecular complexity index is 1210. The summed E-state index contributed by atoms with van der Waals surface area (Å²) in [5.74, 6) is -0.438. The number of benzene rings is 3. The monoisotopic (exact) mass is 503 g/mol. The molecule has 0 saturated heterocycles. The van der Waals surface area contributed by atoms with Crippen molar-refractivity contribution in [3.05, 3.63) is 88.0 Å². The molecule has 0 unspecified atom stereocenters. The van der Waals surface area contributed by atoms with Gasteiger partial charge in [-0.3, -0.25) is 14.9 Å². The van der Waals surface area contributed by atoms with Crippen molar-refractivity contribution in [1.29, 1.82) is 0 Å². The average Bonchev–Trinajstić information content (AvgIpc) is 2.80. The molecule has 0 aliphatic heterocycles. The van der Waals surface area contributed by atoms with Crippen molar-refractivity contribution in [2.24, 2.45) is 0 Å². The summed E-state index contributed by atoms with van der Waals surface area (Å²) in [5.41, 5.74) is 0.0430. The molecule has 3 aromatic rings. The molecule has 0 saturated carbocycles. The Morgan fingerprint density at radius 1 is 1.06 bits per heavy atom. The van der Waals surface area contributed by atoms with Gasteiger partial charge in [-0.25, -0.2) is 0 Å². The van der Waals surface area contributed by atoms with Crippen molar-refractivity contribution in [2.45, 2.75) is 42.8 Å². The molecule has 10 heteroatoms. The normalized spacial score (nSPS) is 11.4. The van der Waals surface area contributed by atoms with Crippen molar-refractivity contribution >= 4 is 34.7 Å². The highest BCUT2D eigenvalue weighted by molar-refractivity contribution is 7.99. The highest BCUT2D eigenvalue weighted by Gasteiger charge is 2.33. The fourth-order valence-electron chi connectivity index (χ4n) is 3.56. The average molecular weight is 504 g/mol. The molecule has 0 bridgehead atoms. The highest BCUT2D eigenvalue weighted by Crippen LogP contribution is 2.40. The first-order valence-corrected chi connectivity index (χ1v) is 11.6. The molecule has 3 aromatic carbocycles. The Morgan fingerprint density at radius 3 is 2.29 bits per heavy atom. The van der Waals surface area contributed by atoms with Crippen LogP contribution in [0.2, 0.25) is 0 Å². The quantitative estimate of drug-likeness (QED) is 0.259. The second-order valence-corrected chi connectivity index (χ2v) is 9.00. The largest absolute Gasteiger partial charge is 0.416 e. The van der Waals surface area contributed by atoms with E-state index in [0.29, 0.717) is 22.7 Å². The number of nitrogens with zero attached hydrogens (tertiary/aromatic N) is 2. The molecule has 35 heavy (non-hydrogen) atoms. The third-order valence-electron chi connectivity index (χ3n) is 5.26. The fraction of sp³-hybridized carbons (Fsp3) is 0.240. The van der Waals surface area contributed by atoms with E-state index < -0.39 is 28.3 Å². The third-order valence-corrected chi connectivity index (χ3v) is 6.40. The first kappa shape index (κ1) is 26.1.